The molecule has 1 heterocycles. The van der Waals surface area contributed by atoms with Crippen molar-refractivity contribution in [1.29, 1.82) is 0 Å². The molecule has 1 aromatic heterocycles. The Bertz CT molecular complexity index is 611. The molecule has 150 valence electrons. The highest BCUT2D eigenvalue weighted by atomic mass is 32.2. The minimum atomic E-state index is -4.50. The first-order chi connectivity index (χ1) is 12.9. The molecule has 0 bridgehead atoms. The van der Waals surface area contributed by atoms with Gasteiger partial charge < -0.3 is 4.90 Å². The van der Waals surface area contributed by atoms with E-state index in [4.69, 9.17) is 0 Å². The second kappa shape index (κ2) is 9.26. The number of amides is 1. The van der Waals surface area contributed by atoms with Gasteiger partial charge in [-0.05, 0) is 31.7 Å². The number of halogens is 3. The Morgan fingerprint density at radius 1 is 1.04 bits per heavy atom. The molecule has 0 spiro atoms. The van der Waals surface area contributed by atoms with Crippen molar-refractivity contribution in [3.8, 4) is 0 Å². The molecule has 2 fully saturated rings. The fourth-order valence-electron chi connectivity index (χ4n) is 4.19. The van der Waals surface area contributed by atoms with E-state index in [-0.39, 0.29) is 28.9 Å². The standard InChI is InChI=1S/C19H26F3N3OS/c20-19(21,22)16-11-12-23-18(24-16)27-13-17(26)25(14-7-3-1-4-8-14)15-9-5-2-6-10-15/h11-12,14-15H,1-10,13H2. The van der Waals surface area contributed by atoms with Crippen LogP contribution in [0.25, 0.3) is 0 Å². The van der Waals surface area contributed by atoms with Crippen LogP contribution < -0.4 is 0 Å². The van der Waals surface area contributed by atoms with E-state index in [0.717, 1.165) is 75.4 Å². The average Bonchev–Trinajstić information content (AvgIpc) is 2.68. The maximum absolute atomic E-state index is 13.0. The first-order valence-corrected chi connectivity index (χ1v) is 10.8. The monoisotopic (exact) mass is 401 g/mol. The van der Waals surface area contributed by atoms with Gasteiger partial charge in [0.1, 0.15) is 5.69 Å². The lowest BCUT2D eigenvalue weighted by Gasteiger charge is -2.41. The molecule has 2 aliphatic carbocycles. The van der Waals surface area contributed by atoms with Crippen LogP contribution in [0.2, 0.25) is 0 Å². The smallest absolute Gasteiger partial charge is 0.336 e. The zero-order valence-electron chi connectivity index (χ0n) is 15.4. The van der Waals surface area contributed by atoms with Gasteiger partial charge in [0, 0.05) is 18.3 Å². The molecule has 1 amide bonds. The lowest BCUT2D eigenvalue weighted by molar-refractivity contribution is -0.141. The first-order valence-electron chi connectivity index (χ1n) is 9.79. The Kier molecular flexibility index (Phi) is 7.00. The van der Waals surface area contributed by atoms with E-state index in [2.05, 4.69) is 14.9 Å². The topological polar surface area (TPSA) is 46.1 Å². The van der Waals surface area contributed by atoms with E-state index in [0.29, 0.717) is 0 Å². The quantitative estimate of drug-likeness (QED) is 0.510. The Morgan fingerprint density at radius 3 is 2.11 bits per heavy atom. The molecule has 0 radical (unpaired) electrons. The van der Waals surface area contributed by atoms with Crippen LogP contribution in [0.4, 0.5) is 13.2 Å². The molecule has 0 aliphatic heterocycles. The van der Waals surface area contributed by atoms with E-state index < -0.39 is 11.9 Å². The molecule has 0 atom stereocenters. The molecular formula is C19H26F3N3OS. The molecule has 2 aliphatic rings. The predicted molar refractivity (Wildman–Crippen MR) is 98.4 cm³/mol. The van der Waals surface area contributed by atoms with Gasteiger partial charge in [0.2, 0.25) is 5.91 Å². The minimum Gasteiger partial charge on any atom is -0.336 e. The number of thioether (sulfide) groups is 1. The van der Waals surface area contributed by atoms with Crippen LogP contribution in [-0.4, -0.2) is 38.6 Å². The Morgan fingerprint density at radius 2 is 1.59 bits per heavy atom. The van der Waals surface area contributed by atoms with E-state index in [1.54, 1.807) is 0 Å². The van der Waals surface area contributed by atoms with Gasteiger partial charge in [-0.1, -0.05) is 50.3 Å². The number of alkyl halides is 3. The third kappa shape index (κ3) is 5.59. The SMILES string of the molecule is O=C(CSc1nccc(C(F)(F)F)n1)N(C1CCCCC1)C1CCCCC1. The third-order valence-corrected chi connectivity index (χ3v) is 6.32. The second-order valence-corrected chi connectivity index (χ2v) is 8.34. The molecule has 0 unspecified atom stereocenters. The highest BCUT2D eigenvalue weighted by molar-refractivity contribution is 7.99. The normalized spacial score (nSPS) is 19.8. The van der Waals surface area contributed by atoms with E-state index in [1.165, 1.54) is 12.8 Å². The zero-order chi connectivity index (χ0) is 19.3. The molecule has 2 saturated carbocycles. The van der Waals surface area contributed by atoms with Gasteiger partial charge in [-0.2, -0.15) is 13.2 Å². The van der Waals surface area contributed by atoms with E-state index in [9.17, 15) is 18.0 Å². The first kappa shape index (κ1) is 20.4. The van der Waals surface area contributed by atoms with E-state index in [1.807, 2.05) is 0 Å². The number of carbonyl (C=O) groups is 1. The van der Waals surface area contributed by atoms with Gasteiger partial charge in [-0.15, -0.1) is 0 Å². The summed E-state index contributed by atoms with van der Waals surface area (Å²) in [4.78, 5) is 22.5. The summed E-state index contributed by atoms with van der Waals surface area (Å²) in [6, 6.07) is 1.40. The number of nitrogens with zero attached hydrogens (tertiary/aromatic N) is 3. The second-order valence-electron chi connectivity index (χ2n) is 7.40. The van der Waals surface area contributed by atoms with Crippen molar-refractivity contribution in [2.45, 2.75) is 87.6 Å². The summed E-state index contributed by atoms with van der Waals surface area (Å²) in [6.45, 7) is 0. The third-order valence-electron chi connectivity index (χ3n) is 5.47. The summed E-state index contributed by atoms with van der Waals surface area (Å²) in [6.07, 6.45) is 7.75. The van der Waals surface area contributed by atoms with Gasteiger partial charge in [0.15, 0.2) is 5.16 Å². The Balaban J connectivity index is 1.67. The predicted octanol–water partition coefficient (Wildman–Crippen LogP) is 5.08. The van der Waals surface area contributed by atoms with Crippen LogP contribution in [-0.2, 0) is 11.0 Å². The van der Waals surface area contributed by atoms with Gasteiger partial charge >= 0.3 is 6.18 Å². The number of hydrogen-bond donors (Lipinski definition) is 0. The van der Waals surface area contributed by atoms with Crippen LogP contribution in [0.3, 0.4) is 0 Å². The van der Waals surface area contributed by atoms with Gasteiger partial charge in [0.25, 0.3) is 0 Å². The molecule has 4 nitrogen and oxygen atoms in total. The van der Waals surface area contributed by atoms with Crippen molar-refractivity contribution in [2.24, 2.45) is 0 Å². The fourth-order valence-corrected chi connectivity index (χ4v) is 4.89. The van der Waals surface area contributed by atoms with Crippen molar-refractivity contribution >= 4 is 17.7 Å². The Labute approximate surface area is 162 Å². The summed E-state index contributed by atoms with van der Waals surface area (Å²) >= 11 is 1.00. The maximum atomic E-state index is 13.0. The van der Waals surface area contributed by atoms with E-state index >= 15 is 0 Å². The number of rotatable bonds is 5. The van der Waals surface area contributed by atoms with Crippen LogP contribution in [0, 0.1) is 0 Å². The summed E-state index contributed by atoms with van der Waals surface area (Å²) in [5.74, 6) is 0.105. The molecule has 0 aromatic carbocycles. The van der Waals surface area contributed by atoms with Crippen LogP contribution in [0.15, 0.2) is 17.4 Å². The number of aromatic nitrogens is 2. The molecule has 8 heteroatoms. The van der Waals surface area contributed by atoms with Crippen molar-refractivity contribution in [2.75, 3.05) is 5.75 Å². The van der Waals surface area contributed by atoms with Gasteiger partial charge in [-0.25, -0.2) is 9.97 Å². The number of carbonyl (C=O) groups excluding carboxylic acids is 1. The fraction of sp³-hybridized carbons (Fsp3) is 0.737. The Hall–Kier alpha value is -1.31. The average molecular weight is 401 g/mol. The lowest BCUT2D eigenvalue weighted by atomic mass is 9.88. The van der Waals surface area contributed by atoms with Crippen LogP contribution in [0.1, 0.15) is 69.9 Å². The molecule has 0 saturated heterocycles. The molecule has 0 N–H and O–H groups in total. The molecule has 3 rings (SSSR count). The summed E-state index contributed by atoms with van der Waals surface area (Å²) in [5, 5.41) is 0.00501. The highest BCUT2D eigenvalue weighted by Crippen LogP contribution is 2.32. The molecule has 1 aromatic rings. The summed E-state index contributed by atoms with van der Waals surface area (Å²) in [7, 11) is 0. The van der Waals surface area contributed by atoms with Crippen molar-refractivity contribution in [3.63, 3.8) is 0 Å². The summed E-state index contributed by atoms with van der Waals surface area (Å²) < 4.78 is 38.4. The summed E-state index contributed by atoms with van der Waals surface area (Å²) in [5.41, 5.74) is -0.969. The van der Waals surface area contributed by atoms with Gasteiger partial charge in [0.05, 0.1) is 5.75 Å². The molecular weight excluding hydrogens is 375 g/mol. The number of hydrogen-bond acceptors (Lipinski definition) is 4. The van der Waals surface area contributed by atoms with Crippen molar-refractivity contribution < 1.29 is 18.0 Å². The molecule has 27 heavy (non-hydrogen) atoms. The minimum absolute atomic E-state index is 0.00501. The zero-order valence-corrected chi connectivity index (χ0v) is 16.2. The highest BCUT2D eigenvalue weighted by Gasteiger charge is 2.34. The van der Waals surface area contributed by atoms with Crippen molar-refractivity contribution in [3.05, 3.63) is 18.0 Å². The van der Waals surface area contributed by atoms with Crippen LogP contribution >= 0.6 is 11.8 Å². The lowest BCUT2D eigenvalue weighted by Crippen LogP contribution is -2.49. The van der Waals surface area contributed by atoms with Crippen molar-refractivity contribution in [1.82, 2.24) is 14.9 Å². The van der Waals surface area contributed by atoms with Crippen LogP contribution in [0.5, 0.6) is 0 Å². The largest absolute Gasteiger partial charge is 0.433 e. The maximum Gasteiger partial charge on any atom is 0.433 e. The van der Waals surface area contributed by atoms with Gasteiger partial charge in [-0.3, -0.25) is 4.79 Å².